The Balaban J connectivity index is 1.27. The number of hydrogen-bond donors (Lipinski definition) is 1. The van der Waals surface area contributed by atoms with Gasteiger partial charge in [0, 0.05) is 30.1 Å². The van der Waals surface area contributed by atoms with E-state index in [1.807, 2.05) is 12.1 Å². The zero-order valence-electron chi connectivity index (χ0n) is 16.4. The minimum atomic E-state index is 0.140. The molecule has 2 aromatic carbocycles. The number of aryl methyl sites for hydroxylation is 1. The molecule has 3 heterocycles. The molecule has 0 aliphatic carbocycles. The maximum absolute atomic E-state index is 13.1. The molecule has 2 aromatic heterocycles. The van der Waals surface area contributed by atoms with Gasteiger partial charge in [0.15, 0.2) is 0 Å². The highest BCUT2D eigenvalue weighted by molar-refractivity contribution is 7.18. The summed E-state index contributed by atoms with van der Waals surface area (Å²) in [6.07, 6.45) is 7.77. The van der Waals surface area contributed by atoms with Crippen molar-refractivity contribution in [1.29, 1.82) is 0 Å². The molecule has 5 rings (SSSR count). The molecule has 1 aliphatic heterocycles. The van der Waals surface area contributed by atoms with Gasteiger partial charge < -0.3 is 9.88 Å². The Kier molecular flexibility index (Phi) is 5.06. The van der Waals surface area contributed by atoms with Crippen molar-refractivity contribution in [2.45, 2.75) is 44.6 Å². The molecule has 148 valence electrons. The lowest BCUT2D eigenvalue weighted by Crippen LogP contribution is -2.38. The topological polar surface area (TPSA) is 49.0 Å². The Bertz CT molecular complexity index is 1110. The average Bonchev–Trinajstić information content (AvgIpc) is 3.38. The highest BCUT2D eigenvalue weighted by atomic mass is 32.1. The molecule has 4 nitrogen and oxygen atoms in total. The van der Waals surface area contributed by atoms with Crippen LogP contribution in [0.4, 0.5) is 0 Å². The number of thiazole rings is 1. The van der Waals surface area contributed by atoms with Gasteiger partial charge in [0.05, 0.1) is 16.3 Å². The minimum absolute atomic E-state index is 0.140. The lowest BCUT2D eigenvalue weighted by atomic mass is 10.0. The van der Waals surface area contributed by atoms with Gasteiger partial charge in [-0.05, 0) is 55.9 Å². The van der Waals surface area contributed by atoms with Crippen LogP contribution in [0.5, 0.6) is 0 Å². The molecular weight excluding hydrogens is 378 g/mol. The summed E-state index contributed by atoms with van der Waals surface area (Å²) in [6.45, 7) is 0.854. The molecule has 1 aliphatic rings. The fourth-order valence-electron chi connectivity index (χ4n) is 4.43. The van der Waals surface area contributed by atoms with E-state index in [-0.39, 0.29) is 11.9 Å². The maximum Gasteiger partial charge on any atom is 0.223 e. The van der Waals surface area contributed by atoms with Gasteiger partial charge in [-0.25, -0.2) is 4.98 Å². The molecule has 0 spiro atoms. The van der Waals surface area contributed by atoms with E-state index in [1.54, 1.807) is 11.3 Å². The Hall–Kier alpha value is -2.66. The fourth-order valence-corrected chi connectivity index (χ4v) is 5.55. The molecule has 1 saturated heterocycles. The number of rotatable bonds is 5. The van der Waals surface area contributed by atoms with E-state index < -0.39 is 0 Å². The molecule has 5 heteroatoms. The van der Waals surface area contributed by atoms with Crippen LogP contribution in [-0.4, -0.2) is 27.3 Å². The minimum Gasteiger partial charge on any atom is -0.361 e. The monoisotopic (exact) mass is 403 g/mol. The van der Waals surface area contributed by atoms with E-state index in [9.17, 15) is 4.79 Å². The lowest BCUT2D eigenvalue weighted by molar-refractivity contribution is -0.135. The lowest BCUT2D eigenvalue weighted by Gasteiger charge is -2.34. The molecule has 4 aromatic rings. The maximum atomic E-state index is 13.1. The quantitative estimate of drug-likeness (QED) is 0.454. The molecule has 0 unspecified atom stereocenters. The van der Waals surface area contributed by atoms with Crippen LogP contribution in [0.3, 0.4) is 0 Å². The first-order valence-electron chi connectivity index (χ1n) is 10.5. The van der Waals surface area contributed by atoms with Crippen molar-refractivity contribution in [3.63, 3.8) is 0 Å². The van der Waals surface area contributed by atoms with Crippen molar-refractivity contribution in [3.8, 4) is 0 Å². The van der Waals surface area contributed by atoms with Crippen LogP contribution < -0.4 is 0 Å². The first kappa shape index (κ1) is 18.4. The van der Waals surface area contributed by atoms with Gasteiger partial charge in [0.25, 0.3) is 0 Å². The van der Waals surface area contributed by atoms with Crippen molar-refractivity contribution in [2.24, 2.45) is 0 Å². The Labute approximate surface area is 174 Å². The zero-order chi connectivity index (χ0) is 19.6. The van der Waals surface area contributed by atoms with Gasteiger partial charge in [-0.1, -0.05) is 30.3 Å². The summed E-state index contributed by atoms with van der Waals surface area (Å²) in [5, 5.41) is 2.36. The van der Waals surface area contributed by atoms with Crippen molar-refractivity contribution in [3.05, 3.63) is 65.3 Å². The number of likely N-dealkylation sites (tertiary alicyclic amines) is 1. The van der Waals surface area contributed by atoms with Gasteiger partial charge in [-0.3, -0.25) is 4.79 Å². The Morgan fingerprint density at radius 3 is 2.93 bits per heavy atom. The third-order valence-electron chi connectivity index (χ3n) is 5.93. The summed E-state index contributed by atoms with van der Waals surface area (Å²) in [4.78, 5) is 23.4. The van der Waals surface area contributed by atoms with Crippen LogP contribution in [0.25, 0.3) is 21.1 Å². The largest absolute Gasteiger partial charge is 0.361 e. The molecule has 1 fully saturated rings. The fraction of sp³-hybridized carbons (Fsp3) is 0.333. The number of hydrogen-bond acceptors (Lipinski definition) is 3. The summed E-state index contributed by atoms with van der Waals surface area (Å²) < 4.78 is 1.21. The SMILES string of the molecule is O=C(CCCc1c[nH]c2ccccc12)N1CCCC[C@@H]1c1nc2ccccc2s1. The van der Waals surface area contributed by atoms with Gasteiger partial charge in [0.1, 0.15) is 5.01 Å². The van der Waals surface area contributed by atoms with Crippen molar-refractivity contribution >= 4 is 38.4 Å². The second-order valence-electron chi connectivity index (χ2n) is 7.83. The van der Waals surface area contributed by atoms with Crippen LogP contribution in [0, 0.1) is 0 Å². The number of carbonyl (C=O) groups is 1. The highest BCUT2D eigenvalue weighted by Gasteiger charge is 2.29. The third-order valence-corrected chi connectivity index (χ3v) is 7.07. The van der Waals surface area contributed by atoms with Gasteiger partial charge in [-0.2, -0.15) is 0 Å². The molecular formula is C24H25N3OS. The number of nitrogens with zero attached hydrogens (tertiary/aromatic N) is 2. The summed E-state index contributed by atoms with van der Waals surface area (Å²) >= 11 is 1.74. The van der Waals surface area contributed by atoms with E-state index in [4.69, 9.17) is 4.98 Å². The van der Waals surface area contributed by atoms with Crippen LogP contribution in [0.1, 0.15) is 48.7 Å². The van der Waals surface area contributed by atoms with E-state index in [0.29, 0.717) is 6.42 Å². The molecule has 1 N–H and O–H groups in total. The average molecular weight is 404 g/mol. The van der Waals surface area contributed by atoms with Crippen molar-refractivity contribution < 1.29 is 4.79 Å². The summed E-state index contributed by atoms with van der Waals surface area (Å²) in [7, 11) is 0. The predicted molar refractivity (Wildman–Crippen MR) is 119 cm³/mol. The number of piperidine rings is 1. The number of fused-ring (bicyclic) bond motifs is 2. The second-order valence-corrected chi connectivity index (χ2v) is 8.89. The molecule has 0 saturated carbocycles. The van der Waals surface area contributed by atoms with E-state index in [0.717, 1.165) is 42.8 Å². The molecule has 1 atom stereocenters. The highest BCUT2D eigenvalue weighted by Crippen LogP contribution is 2.36. The Morgan fingerprint density at radius 2 is 2.00 bits per heavy atom. The second kappa shape index (κ2) is 7.99. The van der Waals surface area contributed by atoms with Gasteiger partial charge >= 0.3 is 0 Å². The number of para-hydroxylation sites is 2. The molecule has 1 amide bonds. The third kappa shape index (κ3) is 3.67. The first-order chi connectivity index (χ1) is 14.3. The van der Waals surface area contributed by atoms with E-state index >= 15 is 0 Å². The van der Waals surface area contributed by atoms with Gasteiger partial charge in [0.2, 0.25) is 5.91 Å². The molecule has 0 bridgehead atoms. The van der Waals surface area contributed by atoms with Crippen LogP contribution in [-0.2, 0) is 11.2 Å². The van der Waals surface area contributed by atoms with Crippen LogP contribution in [0.15, 0.2) is 54.7 Å². The number of aromatic nitrogens is 2. The van der Waals surface area contributed by atoms with Gasteiger partial charge in [-0.15, -0.1) is 11.3 Å². The van der Waals surface area contributed by atoms with E-state index in [2.05, 4.69) is 52.5 Å². The van der Waals surface area contributed by atoms with Crippen LogP contribution >= 0.6 is 11.3 Å². The predicted octanol–water partition coefficient (Wildman–Crippen LogP) is 5.85. The molecule has 0 radical (unpaired) electrons. The normalized spacial score (nSPS) is 17.2. The number of aromatic amines is 1. The number of carbonyl (C=O) groups excluding carboxylic acids is 1. The van der Waals surface area contributed by atoms with E-state index in [1.165, 1.54) is 27.6 Å². The smallest absolute Gasteiger partial charge is 0.223 e. The summed E-state index contributed by atoms with van der Waals surface area (Å²) in [5.74, 6) is 0.272. The molecule has 29 heavy (non-hydrogen) atoms. The number of nitrogens with one attached hydrogen (secondary N) is 1. The Morgan fingerprint density at radius 1 is 1.14 bits per heavy atom. The summed E-state index contributed by atoms with van der Waals surface area (Å²) in [6, 6.07) is 16.8. The first-order valence-corrected chi connectivity index (χ1v) is 11.3. The number of H-pyrrole nitrogens is 1. The van der Waals surface area contributed by atoms with Crippen molar-refractivity contribution in [2.75, 3.05) is 6.54 Å². The van der Waals surface area contributed by atoms with Crippen molar-refractivity contribution in [1.82, 2.24) is 14.9 Å². The van der Waals surface area contributed by atoms with Crippen LogP contribution in [0.2, 0.25) is 0 Å². The standard InChI is InChI=1S/C24H25N3OS/c28-23(14-7-8-17-16-25-19-10-2-1-9-18(17)19)27-15-6-5-12-21(27)24-26-20-11-3-4-13-22(20)29-24/h1-4,9-11,13,16,21,25H,5-8,12,14-15H2/t21-/m1/s1. The zero-order valence-corrected chi connectivity index (χ0v) is 17.3. The number of amides is 1. The number of benzene rings is 2. The summed E-state index contributed by atoms with van der Waals surface area (Å²) in [5.41, 5.74) is 3.51.